The highest BCUT2D eigenvalue weighted by Gasteiger charge is 2.43. The molecule has 0 saturated carbocycles. The minimum absolute atomic E-state index is 0.0189. The lowest BCUT2D eigenvalue weighted by Gasteiger charge is -2.42. The van der Waals surface area contributed by atoms with Gasteiger partial charge >= 0.3 is 0 Å². The van der Waals surface area contributed by atoms with Gasteiger partial charge in [-0.2, -0.15) is 17.0 Å². The number of aliphatic hydroxyl groups is 1. The fourth-order valence-corrected chi connectivity index (χ4v) is 3.61. The Labute approximate surface area is 126 Å². The minimum atomic E-state index is -3.52. The van der Waals surface area contributed by atoms with Crippen molar-refractivity contribution in [3.05, 3.63) is 30.3 Å². The van der Waals surface area contributed by atoms with E-state index >= 15 is 0 Å². The second-order valence-corrected chi connectivity index (χ2v) is 7.83. The molecular weight excluding hydrogens is 292 g/mol. The summed E-state index contributed by atoms with van der Waals surface area (Å²) in [6.07, 6.45) is 0.00289. The molecule has 1 saturated heterocycles. The van der Waals surface area contributed by atoms with Crippen molar-refractivity contribution in [3.8, 4) is 5.75 Å². The van der Waals surface area contributed by atoms with Gasteiger partial charge in [0.1, 0.15) is 17.5 Å². The first kappa shape index (κ1) is 16.2. The largest absolute Gasteiger partial charge is 0.487 e. The maximum atomic E-state index is 12.1. The molecule has 0 amide bonds. The van der Waals surface area contributed by atoms with Gasteiger partial charge in [-0.25, -0.2) is 0 Å². The van der Waals surface area contributed by atoms with Gasteiger partial charge < -0.3 is 9.84 Å². The Kier molecular flexibility index (Phi) is 4.57. The van der Waals surface area contributed by atoms with Crippen molar-refractivity contribution in [1.29, 1.82) is 0 Å². The fourth-order valence-electron chi connectivity index (χ4n) is 2.39. The monoisotopic (exact) mass is 314 g/mol. The van der Waals surface area contributed by atoms with Crippen LogP contribution in [0.3, 0.4) is 0 Å². The molecule has 1 aliphatic rings. The van der Waals surface area contributed by atoms with E-state index in [1.807, 2.05) is 30.3 Å². The standard InChI is InChI=1S/C14H22N2O4S/c1-14(17)11-16(21(18,19)15(2)3)10-9-13(14)20-12-7-5-4-6-8-12/h4-8,13,17H,9-11H2,1-3H3/t13-,14-/m0/s1. The van der Waals surface area contributed by atoms with Crippen molar-refractivity contribution in [2.45, 2.75) is 25.0 Å². The molecule has 1 aromatic rings. The van der Waals surface area contributed by atoms with Crippen molar-refractivity contribution in [2.24, 2.45) is 0 Å². The first-order valence-corrected chi connectivity index (χ1v) is 8.25. The molecule has 1 aromatic carbocycles. The van der Waals surface area contributed by atoms with E-state index in [9.17, 15) is 13.5 Å². The zero-order chi connectivity index (χ0) is 15.7. The minimum Gasteiger partial charge on any atom is -0.487 e. The molecular formula is C14H22N2O4S. The van der Waals surface area contributed by atoms with Crippen molar-refractivity contribution in [1.82, 2.24) is 8.61 Å². The number of nitrogens with zero attached hydrogens (tertiary/aromatic N) is 2. The summed E-state index contributed by atoms with van der Waals surface area (Å²) in [6.45, 7) is 1.96. The van der Waals surface area contributed by atoms with Gasteiger partial charge in [0.05, 0.1) is 0 Å². The van der Waals surface area contributed by atoms with E-state index < -0.39 is 21.9 Å². The Morgan fingerprint density at radius 3 is 2.48 bits per heavy atom. The predicted molar refractivity (Wildman–Crippen MR) is 80.3 cm³/mol. The van der Waals surface area contributed by atoms with E-state index in [0.29, 0.717) is 18.7 Å². The van der Waals surface area contributed by atoms with Crippen LogP contribution in [0.4, 0.5) is 0 Å². The Hall–Kier alpha value is -1.15. The molecule has 0 unspecified atom stereocenters. The molecule has 0 aromatic heterocycles. The highest BCUT2D eigenvalue weighted by molar-refractivity contribution is 7.86. The second kappa shape index (κ2) is 5.92. The summed E-state index contributed by atoms with van der Waals surface area (Å²) in [4.78, 5) is 0. The van der Waals surface area contributed by atoms with Gasteiger partial charge in [0.2, 0.25) is 0 Å². The van der Waals surface area contributed by atoms with Gasteiger partial charge in [0, 0.05) is 33.6 Å². The smallest absolute Gasteiger partial charge is 0.281 e. The van der Waals surface area contributed by atoms with E-state index in [1.54, 1.807) is 6.92 Å². The third kappa shape index (κ3) is 3.55. The summed E-state index contributed by atoms with van der Waals surface area (Å²) < 4.78 is 32.5. The quantitative estimate of drug-likeness (QED) is 0.888. The first-order valence-electron chi connectivity index (χ1n) is 6.85. The van der Waals surface area contributed by atoms with Crippen molar-refractivity contribution in [3.63, 3.8) is 0 Å². The zero-order valence-corrected chi connectivity index (χ0v) is 13.4. The summed E-state index contributed by atoms with van der Waals surface area (Å²) in [5, 5.41) is 10.6. The summed E-state index contributed by atoms with van der Waals surface area (Å²) in [6, 6.07) is 9.24. The molecule has 0 radical (unpaired) electrons. The lowest BCUT2D eigenvalue weighted by Crippen LogP contribution is -2.59. The van der Waals surface area contributed by atoms with E-state index in [-0.39, 0.29) is 6.54 Å². The van der Waals surface area contributed by atoms with Crippen molar-refractivity contribution in [2.75, 3.05) is 27.2 Å². The lowest BCUT2D eigenvalue weighted by molar-refractivity contribution is -0.0820. The number of para-hydroxylation sites is 1. The highest BCUT2D eigenvalue weighted by Crippen LogP contribution is 2.28. The van der Waals surface area contributed by atoms with E-state index in [1.165, 1.54) is 18.4 Å². The molecule has 1 N–H and O–H groups in total. The van der Waals surface area contributed by atoms with E-state index in [0.717, 1.165) is 4.31 Å². The van der Waals surface area contributed by atoms with Crippen LogP contribution in [0, 0.1) is 0 Å². The molecule has 1 fully saturated rings. The van der Waals surface area contributed by atoms with Gasteiger partial charge in [-0.05, 0) is 19.1 Å². The Morgan fingerprint density at radius 2 is 1.95 bits per heavy atom. The van der Waals surface area contributed by atoms with Crippen LogP contribution in [0.5, 0.6) is 5.75 Å². The molecule has 2 rings (SSSR count). The SMILES string of the molecule is CN(C)S(=O)(=O)N1CC[C@H](Oc2ccccc2)[C@@](C)(O)C1. The van der Waals surface area contributed by atoms with Crippen LogP contribution in [0.15, 0.2) is 30.3 Å². The van der Waals surface area contributed by atoms with Crippen LogP contribution in [0.1, 0.15) is 13.3 Å². The van der Waals surface area contributed by atoms with Crippen LogP contribution in [-0.4, -0.2) is 61.0 Å². The normalized spacial score (nSPS) is 27.8. The molecule has 118 valence electrons. The van der Waals surface area contributed by atoms with Crippen LogP contribution >= 0.6 is 0 Å². The van der Waals surface area contributed by atoms with Gasteiger partial charge in [-0.15, -0.1) is 0 Å². The van der Waals surface area contributed by atoms with E-state index in [4.69, 9.17) is 4.74 Å². The first-order chi connectivity index (χ1) is 9.73. The Morgan fingerprint density at radius 1 is 1.33 bits per heavy atom. The average Bonchev–Trinajstić information content (AvgIpc) is 2.41. The number of hydrogen-bond acceptors (Lipinski definition) is 4. The van der Waals surface area contributed by atoms with E-state index in [2.05, 4.69) is 0 Å². The van der Waals surface area contributed by atoms with Gasteiger partial charge in [-0.3, -0.25) is 0 Å². The van der Waals surface area contributed by atoms with Crippen molar-refractivity contribution >= 4 is 10.2 Å². The van der Waals surface area contributed by atoms with Gasteiger partial charge in [0.15, 0.2) is 0 Å². The topological polar surface area (TPSA) is 70.1 Å². The summed E-state index contributed by atoms with van der Waals surface area (Å²) in [5.74, 6) is 0.673. The number of β-amino-alcohol motifs (C(OH)–C–C–N with tert-alkyl or cyclic N) is 1. The number of ether oxygens (including phenoxy) is 1. The maximum Gasteiger partial charge on any atom is 0.281 e. The zero-order valence-electron chi connectivity index (χ0n) is 12.6. The highest BCUT2D eigenvalue weighted by atomic mass is 32.2. The molecule has 0 spiro atoms. The summed E-state index contributed by atoms with van der Waals surface area (Å²) in [7, 11) is -0.551. The predicted octanol–water partition coefficient (Wildman–Crippen LogP) is 0.697. The number of benzene rings is 1. The maximum absolute atomic E-state index is 12.1. The van der Waals surface area contributed by atoms with Gasteiger partial charge in [0.25, 0.3) is 10.2 Å². The summed E-state index contributed by atoms with van der Waals surface area (Å²) in [5.41, 5.74) is -1.24. The number of rotatable bonds is 4. The molecule has 0 bridgehead atoms. The van der Waals surface area contributed by atoms with Crippen molar-refractivity contribution < 1.29 is 18.3 Å². The molecule has 0 aliphatic carbocycles. The molecule has 7 heteroatoms. The van der Waals surface area contributed by atoms with Crippen LogP contribution in [0.2, 0.25) is 0 Å². The third-order valence-electron chi connectivity index (χ3n) is 3.64. The van der Waals surface area contributed by atoms with Crippen LogP contribution in [0.25, 0.3) is 0 Å². The Balaban J connectivity index is 2.10. The Bertz CT molecular complexity index is 572. The third-order valence-corrected chi connectivity index (χ3v) is 5.53. The molecule has 21 heavy (non-hydrogen) atoms. The average molecular weight is 314 g/mol. The van der Waals surface area contributed by atoms with Gasteiger partial charge in [-0.1, -0.05) is 18.2 Å². The fraction of sp³-hybridized carbons (Fsp3) is 0.571. The summed E-state index contributed by atoms with van der Waals surface area (Å²) >= 11 is 0. The molecule has 2 atom stereocenters. The number of piperidine rings is 1. The molecule has 1 heterocycles. The molecule has 1 aliphatic heterocycles. The number of hydrogen-bond donors (Lipinski definition) is 1. The lowest BCUT2D eigenvalue weighted by atomic mass is 9.93. The van der Waals surface area contributed by atoms with Crippen LogP contribution < -0.4 is 4.74 Å². The molecule has 6 nitrogen and oxygen atoms in total. The van der Waals surface area contributed by atoms with Crippen LogP contribution in [-0.2, 0) is 10.2 Å². The second-order valence-electron chi connectivity index (χ2n) is 5.69.